The van der Waals surface area contributed by atoms with Gasteiger partial charge in [0.05, 0.1) is 19.3 Å². The number of aliphatic hydroxyl groups is 3. The van der Waals surface area contributed by atoms with Gasteiger partial charge >= 0.3 is 0 Å². The van der Waals surface area contributed by atoms with Gasteiger partial charge in [0.25, 0.3) is 0 Å². The van der Waals surface area contributed by atoms with Crippen LogP contribution in [0.25, 0.3) is 0 Å². The summed E-state index contributed by atoms with van der Waals surface area (Å²) in [6.07, 6.45) is 17.8. The van der Waals surface area contributed by atoms with Crippen LogP contribution >= 0.6 is 0 Å². The lowest BCUT2D eigenvalue weighted by Gasteiger charge is -2.21. The van der Waals surface area contributed by atoms with Crippen LogP contribution in [0.5, 0.6) is 0 Å². The molecule has 0 radical (unpaired) electrons. The predicted octanol–water partition coefficient (Wildman–Crippen LogP) is 4.39. The van der Waals surface area contributed by atoms with Crippen molar-refractivity contribution in [3.05, 3.63) is 35.5 Å². The Bertz CT molecular complexity index is 701. The van der Waals surface area contributed by atoms with E-state index in [9.17, 15) is 9.90 Å². The van der Waals surface area contributed by atoms with Crippen LogP contribution in [-0.2, 0) is 4.79 Å². The topological polar surface area (TPSA) is 81.0 Å². The zero-order valence-corrected chi connectivity index (χ0v) is 20.9. The van der Waals surface area contributed by atoms with Gasteiger partial charge in [0.15, 0.2) is 0 Å². The number of carbonyl (C=O) groups excluding carboxylic acids is 1. The van der Waals surface area contributed by atoms with Crippen LogP contribution in [0, 0.1) is 23.7 Å². The van der Waals surface area contributed by atoms with Crippen molar-refractivity contribution in [1.29, 1.82) is 0 Å². The molecule has 0 unspecified atom stereocenters. The summed E-state index contributed by atoms with van der Waals surface area (Å²) in [4.78, 5) is 13.7. The number of hydrogen-bond donors (Lipinski definition) is 3. The fourth-order valence-corrected chi connectivity index (χ4v) is 4.25. The highest BCUT2D eigenvalue weighted by molar-refractivity contribution is 5.92. The molecule has 1 amide bonds. The maximum absolute atomic E-state index is 12.3. The lowest BCUT2D eigenvalue weighted by Crippen LogP contribution is -2.36. The Kier molecular flexibility index (Phi) is 15.5. The van der Waals surface area contributed by atoms with Gasteiger partial charge in [-0.3, -0.25) is 4.79 Å². The fourth-order valence-electron chi connectivity index (χ4n) is 4.25. The van der Waals surface area contributed by atoms with Crippen molar-refractivity contribution in [3.8, 4) is 11.8 Å². The molecule has 5 heteroatoms. The molecule has 1 aliphatic rings. The number of amides is 1. The second-order valence-electron chi connectivity index (χ2n) is 9.18. The van der Waals surface area contributed by atoms with Gasteiger partial charge in [-0.1, -0.05) is 69.1 Å². The maximum Gasteiger partial charge on any atom is 0.249 e. The van der Waals surface area contributed by atoms with Crippen molar-refractivity contribution >= 4 is 5.91 Å². The third kappa shape index (κ3) is 12.2. The number of hydrogen-bond acceptors (Lipinski definition) is 4. The van der Waals surface area contributed by atoms with Crippen molar-refractivity contribution in [3.63, 3.8) is 0 Å². The summed E-state index contributed by atoms with van der Waals surface area (Å²) < 4.78 is 0. The van der Waals surface area contributed by atoms with Crippen LogP contribution in [0.4, 0.5) is 0 Å². The summed E-state index contributed by atoms with van der Waals surface area (Å²) in [6, 6.07) is 0. The summed E-state index contributed by atoms with van der Waals surface area (Å²) in [5, 5.41) is 28.6. The molecule has 1 saturated carbocycles. The van der Waals surface area contributed by atoms with E-state index in [4.69, 9.17) is 10.2 Å². The van der Waals surface area contributed by atoms with E-state index >= 15 is 0 Å². The Hall–Kier alpha value is -1.87. The predicted molar refractivity (Wildman–Crippen MR) is 135 cm³/mol. The van der Waals surface area contributed by atoms with Gasteiger partial charge in [-0.05, 0) is 50.7 Å². The van der Waals surface area contributed by atoms with Crippen molar-refractivity contribution in [1.82, 2.24) is 4.90 Å². The van der Waals surface area contributed by atoms with E-state index in [1.54, 1.807) is 13.0 Å². The third-order valence-corrected chi connectivity index (χ3v) is 6.40. The molecule has 0 aliphatic heterocycles. The Morgan fingerprint density at radius 1 is 1.06 bits per heavy atom. The molecule has 1 rings (SSSR count). The molecule has 0 bridgehead atoms. The number of unbranched alkanes of at least 4 members (excludes halogenated alkanes) is 1. The quantitative estimate of drug-likeness (QED) is 0.165. The first kappa shape index (κ1) is 29.2. The Morgan fingerprint density at radius 2 is 1.73 bits per heavy atom. The van der Waals surface area contributed by atoms with E-state index in [2.05, 4.69) is 17.9 Å². The van der Waals surface area contributed by atoms with E-state index in [1.807, 2.05) is 26.0 Å². The highest BCUT2D eigenvalue weighted by Gasteiger charge is 2.15. The van der Waals surface area contributed by atoms with Gasteiger partial charge in [0, 0.05) is 31.0 Å². The molecular formula is C28H45NO4. The highest BCUT2D eigenvalue weighted by atomic mass is 16.3. The van der Waals surface area contributed by atoms with E-state index in [-0.39, 0.29) is 38.1 Å². The molecule has 0 saturated heterocycles. The molecule has 0 aromatic heterocycles. The van der Waals surface area contributed by atoms with Crippen molar-refractivity contribution in [2.45, 2.75) is 84.7 Å². The van der Waals surface area contributed by atoms with Gasteiger partial charge in [-0.25, -0.2) is 0 Å². The second kappa shape index (κ2) is 17.6. The fraction of sp³-hybridized carbons (Fsp3) is 0.679. The molecule has 0 aromatic rings. The molecule has 2 atom stereocenters. The Balaban J connectivity index is 2.38. The molecule has 1 fully saturated rings. The molecule has 5 nitrogen and oxygen atoms in total. The molecule has 33 heavy (non-hydrogen) atoms. The van der Waals surface area contributed by atoms with Gasteiger partial charge < -0.3 is 20.2 Å². The van der Waals surface area contributed by atoms with E-state index in [1.165, 1.54) is 43.4 Å². The highest BCUT2D eigenvalue weighted by Crippen LogP contribution is 2.27. The lowest BCUT2D eigenvalue weighted by molar-refractivity contribution is -0.128. The molecule has 3 N–H and O–H groups in total. The third-order valence-electron chi connectivity index (χ3n) is 6.40. The van der Waals surface area contributed by atoms with Crippen molar-refractivity contribution < 1.29 is 20.1 Å². The Labute approximate surface area is 201 Å². The minimum Gasteiger partial charge on any atom is -0.395 e. The van der Waals surface area contributed by atoms with Crippen LogP contribution in [0.3, 0.4) is 0 Å². The zero-order valence-electron chi connectivity index (χ0n) is 20.9. The summed E-state index contributed by atoms with van der Waals surface area (Å²) >= 11 is 0. The first-order valence-corrected chi connectivity index (χ1v) is 12.6. The number of nitrogens with zero attached hydrogens (tertiary/aromatic N) is 1. The number of carbonyl (C=O) groups is 1. The minimum absolute atomic E-state index is 0.00836. The van der Waals surface area contributed by atoms with E-state index < -0.39 is 6.10 Å². The normalized spacial score (nSPS) is 17.5. The number of rotatable bonds is 13. The first-order valence-electron chi connectivity index (χ1n) is 12.6. The summed E-state index contributed by atoms with van der Waals surface area (Å²) in [5.74, 6) is 6.78. The van der Waals surface area contributed by atoms with Gasteiger partial charge in [0.2, 0.25) is 5.91 Å². The molecule has 0 spiro atoms. The van der Waals surface area contributed by atoms with Gasteiger partial charge in [-0.2, -0.15) is 0 Å². The summed E-state index contributed by atoms with van der Waals surface area (Å²) in [6.45, 7) is 5.94. The minimum atomic E-state index is -0.480. The van der Waals surface area contributed by atoms with Gasteiger partial charge in [0.1, 0.15) is 0 Å². The monoisotopic (exact) mass is 459 g/mol. The van der Waals surface area contributed by atoms with E-state index in [0.29, 0.717) is 18.4 Å². The second-order valence-corrected chi connectivity index (χ2v) is 9.18. The molecule has 186 valence electrons. The van der Waals surface area contributed by atoms with Crippen LogP contribution in [0.1, 0.15) is 78.6 Å². The van der Waals surface area contributed by atoms with Crippen LogP contribution in [-0.4, -0.2) is 58.5 Å². The Morgan fingerprint density at radius 3 is 2.36 bits per heavy atom. The molecule has 0 heterocycles. The summed E-state index contributed by atoms with van der Waals surface area (Å²) in [7, 11) is 0. The zero-order chi connectivity index (χ0) is 24.5. The molecule has 1 aliphatic carbocycles. The standard InChI is InChI=1S/C28H45NO4/c1-23(27(32)24(2)15-12-18-26-16-10-7-11-17-26)13-8-5-4-6-9-14-25(3)28(33)29(19-21-30)20-22-31/h8,13-15,23,26-27,30-32H,6-7,9-12,16-22H2,1-3H3/b13-8+,24-15+,25-14+/t23-,27-/m1/s1. The number of allylic oxidation sites excluding steroid dienone is 3. The van der Waals surface area contributed by atoms with Crippen LogP contribution in [0.15, 0.2) is 35.5 Å². The average molecular weight is 460 g/mol. The first-order chi connectivity index (χ1) is 15.9. The average Bonchev–Trinajstić information content (AvgIpc) is 2.82. The van der Waals surface area contributed by atoms with Crippen molar-refractivity contribution in [2.75, 3.05) is 26.3 Å². The number of aliphatic hydroxyl groups excluding tert-OH is 3. The summed E-state index contributed by atoms with van der Waals surface area (Å²) in [5.41, 5.74) is 1.63. The van der Waals surface area contributed by atoms with E-state index in [0.717, 1.165) is 17.9 Å². The van der Waals surface area contributed by atoms with Crippen LogP contribution in [0.2, 0.25) is 0 Å². The smallest absolute Gasteiger partial charge is 0.249 e. The largest absolute Gasteiger partial charge is 0.395 e. The van der Waals surface area contributed by atoms with Gasteiger partial charge in [-0.15, -0.1) is 0 Å². The lowest BCUT2D eigenvalue weighted by atomic mass is 9.85. The van der Waals surface area contributed by atoms with Crippen LogP contribution < -0.4 is 0 Å². The SMILES string of the molecule is C/C(=C\CCC#C/C=C/[C@@H](C)[C@@H](O)/C(C)=C/CCC1CCCCC1)C(=O)N(CCO)CCO. The maximum atomic E-state index is 12.3. The molecular weight excluding hydrogens is 414 g/mol. The van der Waals surface area contributed by atoms with Crippen molar-refractivity contribution in [2.24, 2.45) is 11.8 Å². The molecule has 0 aromatic carbocycles.